The molecule has 4 rings (SSSR count). The van der Waals surface area contributed by atoms with Gasteiger partial charge >= 0.3 is 0 Å². The van der Waals surface area contributed by atoms with Crippen LogP contribution in [0.4, 0.5) is 5.82 Å². The topological polar surface area (TPSA) is 91.4 Å². The van der Waals surface area contributed by atoms with Gasteiger partial charge in [-0.05, 0) is 49.6 Å². The van der Waals surface area contributed by atoms with Crippen molar-refractivity contribution in [2.45, 2.75) is 50.6 Å². The molecular weight excluding hydrogens is 436 g/mol. The molecule has 1 amide bonds. The van der Waals surface area contributed by atoms with E-state index in [-0.39, 0.29) is 22.9 Å². The molecule has 1 saturated carbocycles. The fraction of sp³-hybridized carbons (Fsp3) is 0.360. The van der Waals surface area contributed by atoms with Crippen molar-refractivity contribution in [3.63, 3.8) is 0 Å². The smallest absolute Gasteiger partial charge is 0.252 e. The van der Waals surface area contributed by atoms with Crippen molar-refractivity contribution in [2.24, 2.45) is 0 Å². The van der Waals surface area contributed by atoms with Gasteiger partial charge < -0.3 is 10.6 Å². The molecule has 33 heavy (non-hydrogen) atoms. The van der Waals surface area contributed by atoms with Gasteiger partial charge in [0.15, 0.2) is 0 Å². The second-order valence-electron chi connectivity index (χ2n) is 8.34. The number of carbonyl (C=O) groups is 1. The molecule has 1 fully saturated rings. The van der Waals surface area contributed by atoms with Crippen molar-refractivity contribution in [1.82, 2.24) is 14.6 Å². The maximum Gasteiger partial charge on any atom is 0.252 e. The van der Waals surface area contributed by atoms with Crippen molar-refractivity contribution in [2.75, 3.05) is 18.4 Å². The third kappa shape index (κ3) is 5.02. The van der Waals surface area contributed by atoms with Crippen molar-refractivity contribution in [1.29, 1.82) is 0 Å². The second kappa shape index (κ2) is 9.49. The molecule has 3 aromatic rings. The SMILES string of the molecule is CCN(CC)S(=O)(=O)c1ccc(C(C)Nc2cc(C(=O)NC3CC3)c3ccccc3n2)cc1. The Bertz CT molecular complexity index is 1250. The average molecular weight is 467 g/mol. The molecule has 0 spiro atoms. The largest absolute Gasteiger partial charge is 0.364 e. The Morgan fingerprint density at radius 1 is 1.09 bits per heavy atom. The monoisotopic (exact) mass is 466 g/mol. The number of sulfonamides is 1. The Morgan fingerprint density at radius 3 is 2.39 bits per heavy atom. The molecule has 1 aliphatic carbocycles. The molecule has 1 atom stereocenters. The Morgan fingerprint density at radius 2 is 1.76 bits per heavy atom. The van der Waals surface area contributed by atoms with Gasteiger partial charge in [-0.2, -0.15) is 4.31 Å². The van der Waals surface area contributed by atoms with E-state index in [1.165, 1.54) is 4.31 Å². The molecule has 8 heteroatoms. The Labute approximate surface area is 195 Å². The molecule has 0 bridgehead atoms. The van der Waals surface area contributed by atoms with Crippen molar-refractivity contribution in [3.05, 3.63) is 65.7 Å². The van der Waals surface area contributed by atoms with Crippen LogP contribution in [-0.2, 0) is 10.0 Å². The molecule has 1 heterocycles. The molecule has 1 aliphatic rings. The van der Waals surface area contributed by atoms with Crippen LogP contribution in [0.25, 0.3) is 10.9 Å². The molecule has 2 N–H and O–H groups in total. The maximum absolute atomic E-state index is 12.8. The number of pyridine rings is 1. The number of amides is 1. The van der Waals surface area contributed by atoms with Crippen LogP contribution in [0.3, 0.4) is 0 Å². The van der Waals surface area contributed by atoms with Gasteiger partial charge in [-0.15, -0.1) is 0 Å². The molecule has 7 nitrogen and oxygen atoms in total. The highest BCUT2D eigenvalue weighted by Crippen LogP contribution is 2.26. The van der Waals surface area contributed by atoms with Gasteiger partial charge in [0, 0.05) is 30.6 Å². The number of hydrogen-bond donors (Lipinski definition) is 2. The van der Waals surface area contributed by atoms with Crippen LogP contribution in [0.15, 0.2) is 59.5 Å². The fourth-order valence-electron chi connectivity index (χ4n) is 3.87. The van der Waals surface area contributed by atoms with Gasteiger partial charge in [-0.25, -0.2) is 13.4 Å². The molecule has 1 aromatic heterocycles. The summed E-state index contributed by atoms with van der Waals surface area (Å²) in [5.74, 6) is 0.514. The summed E-state index contributed by atoms with van der Waals surface area (Å²) in [7, 11) is -3.49. The summed E-state index contributed by atoms with van der Waals surface area (Å²) >= 11 is 0. The summed E-state index contributed by atoms with van der Waals surface area (Å²) in [6.07, 6.45) is 2.05. The van der Waals surface area contributed by atoms with Gasteiger partial charge in [0.1, 0.15) is 5.82 Å². The van der Waals surface area contributed by atoms with Gasteiger partial charge in [0.05, 0.1) is 16.0 Å². The predicted molar refractivity (Wildman–Crippen MR) is 131 cm³/mol. The zero-order valence-corrected chi connectivity index (χ0v) is 20.0. The van der Waals surface area contributed by atoms with Gasteiger partial charge in [-0.1, -0.05) is 44.2 Å². The molecule has 174 valence electrons. The highest BCUT2D eigenvalue weighted by Gasteiger charge is 2.25. The first kappa shape index (κ1) is 23.2. The molecule has 1 unspecified atom stereocenters. The summed E-state index contributed by atoms with van der Waals surface area (Å²) in [6, 6.07) is 16.4. The molecule has 0 saturated heterocycles. The number of aromatic nitrogens is 1. The van der Waals surface area contributed by atoms with E-state index >= 15 is 0 Å². The van der Waals surface area contributed by atoms with Crippen molar-refractivity contribution in [3.8, 4) is 0 Å². The van der Waals surface area contributed by atoms with Gasteiger partial charge in [0.25, 0.3) is 5.91 Å². The van der Waals surface area contributed by atoms with E-state index in [9.17, 15) is 13.2 Å². The van der Waals surface area contributed by atoms with E-state index in [2.05, 4.69) is 15.6 Å². The minimum atomic E-state index is -3.49. The van der Waals surface area contributed by atoms with E-state index in [1.807, 2.05) is 57.2 Å². The van der Waals surface area contributed by atoms with Crippen LogP contribution < -0.4 is 10.6 Å². The van der Waals surface area contributed by atoms with Crippen molar-refractivity contribution >= 4 is 32.7 Å². The minimum Gasteiger partial charge on any atom is -0.364 e. The lowest BCUT2D eigenvalue weighted by molar-refractivity contribution is 0.0952. The summed E-state index contributed by atoms with van der Waals surface area (Å²) in [5.41, 5.74) is 2.27. The molecular formula is C25H30N4O3S. The molecule has 2 aromatic carbocycles. The summed E-state index contributed by atoms with van der Waals surface area (Å²) < 4.78 is 26.9. The fourth-order valence-corrected chi connectivity index (χ4v) is 5.33. The zero-order chi connectivity index (χ0) is 23.6. The first-order chi connectivity index (χ1) is 15.8. The Hall–Kier alpha value is -2.97. The predicted octanol–water partition coefficient (Wildman–Crippen LogP) is 4.33. The number of para-hydroxylation sites is 1. The second-order valence-corrected chi connectivity index (χ2v) is 10.3. The van der Waals surface area contributed by atoms with E-state index in [0.717, 1.165) is 29.3 Å². The first-order valence-corrected chi connectivity index (χ1v) is 12.8. The summed E-state index contributed by atoms with van der Waals surface area (Å²) in [5, 5.41) is 7.24. The number of rotatable bonds is 9. The highest BCUT2D eigenvalue weighted by atomic mass is 32.2. The summed E-state index contributed by atoms with van der Waals surface area (Å²) in [6.45, 7) is 6.51. The number of nitrogens with one attached hydrogen (secondary N) is 2. The average Bonchev–Trinajstić information content (AvgIpc) is 3.63. The van der Waals surface area contributed by atoms with E-state index < -0.39 is 10.0 Å². The van der Waals surface area contributed by atoms with Crippen LogP contribution >= 0.6 is 0 Å². The standard InChI is InChI=1S/C25H30N4O3S/c1-4-29(5-2)33(31,32)20-14-10-18(11-15-20)17(3)26-24-16-22(25(30)27-19-12-13-19)21-8-6-7-9-23(21)28-24/h6-11,14-17,19H,4-5,12-13H2,1-3H3,(H,26,28)(H,27,30). The normalized spacial score (nSPS) is 14.9. The number of fused-ring (bicyclic) bond motifs is 1. The lowest BCUT2D eigenvalue weighted by Gasteiger charge is -2.20. The first-order valence-electron chi connectivity index (χ1n) is 11.4. The molecule has 0 radical (unpaired) electrons. The van der Waals surface area contributed by atoms with Crippen molar-refractivity contribution < 1.29 is 13.2 Å². The lowest BCUT2D eigenvalue weighted by Crippen LogP contribution is -2.30. The number of nitrogens with zero attached hydrogens (tertiary/aromatic N) is 2. The van der Waals surface area contributed by atoms with Crippen LogP contribution in [0.2, 0.25) is 0 Å². The van der Waals surface area contributed by atoms with E-state index in [4.69, 9.17) is 0 Å². The summed E-state index contributed by atoms with van der Waals surface area (Å²) in [4.78, 5) is 17.8. The maximum atomic E-state index is 12.8. The lowest BCUT2D eigenvalue weighted by atomic mass is 10.1. The zero-order valence-electron chi connectivity index (χ0n) is 19.2. The van der Waals surface area contributed by atoms with Crippen LogP contribution in [-0.4, -0.2) is 42.7 Å². The van der Waals surface area contributed by atoms with Crippen LogP contribution in [0, 0.1) is 0 Å². The number of benzene rings is 2. The Balaban J connectivity index is 1.57. The number of carbonyl (C=O) groups excluding carboxylic acids is 1. The Kier molecular flexibility index (Phi) is 6.67. The minimum absolute atomic E-state index is 0.0854. The van der Waals surface area contributed by atoms with E-state index in [1.54, 1.807) is 18.2 Å². The number of anilines is 1. The highest BCUT2D eigenvalue weighted by molar-refractivity contribution is 7.89. The van der Waals surface area contributed by atoms with Gasteiger partial charge in [0.2, 0.25) is 10.0 Å². The van der Waals surface area contributed by atoms with Gasteiger partial charge in [-0.3, -0.25) is 4.79 Å². The van der Waals surface area contributed by atoms with Crippen LogP contribution in [0.5, 0.6) is 0 Å². The quantitative estimate of drug-likeness (QED) is 0.490. The van der Waals surface area contributed by atoms with E-state index in [0.29, 0.717) is 24.5 Å². The third-order valence-electron chi connectivity index (χ3n) is 5.96. The van der Waals surface area contributed by atoms with Crippen LogP contribution in [0.1, 0.15) is 55.6 Å². The third-order valence-corrected chi connectivity index (χ3v) is 8.03. The number of hydrogen-bond acceptors (Lipinski definition) is 5. The molecule has 0 aliphatic heterocycles.